The molecule has 1 N–H and O–H groups in total. The molecule has 3 rings (SSSR count). The van der Waals surface area contributed by atoms with E-state index in [1.165, 1.54) is 32.4 Å². The molecule has 0 atom stereocenters. The van der Waals surface area contributed by atoms with Crippen molar-refractivity contribution in [2.24, 2.45) is 16.4 Å². The Morgan fingerprint density at radius 1 is 1.03 bits per heavy atom. The molecule has 196 valence electrons. The zero-order chi connectivity index (χ0) is 26.3. The van der Waals surface area contributed by atoms with Gasteiger partial charge in [-0.15, -0.1) is 0 Å². The summed E-state index contributed by atoms with van der Waals surface area (Å²) in [5.74, 6) is 0.848. The van der Waals surface area contributed by atoms with Gasteiger partial charge in [0, 0.05) is 18.3 Å². The first kappa shape index (κ1) is 27.7. The molecule has 1 saturated carbocycles. The third-order valence-electron chi connectivity index (χ3n) is 6.64. The number of nitrogens with zero attached hydrogens (tertiary/aromatic N) is 2. The minimum Gasteiger partial charge on any atom is -0.493 e. The summed E-state index contributed by atoms with van der Waals surface area (Å²) in [4.78, 5) is 12.9. The minimum atomic E-state index is -4.03. The maximum atomic E-state index is 13.6. The molecule has 1 aliphatic rings. The molecule has 0 spiro atoms. The van der Waals surface area contributed by atoms with E-state index in [1.54, 1.807) is 0 Å². The number of carbonyl (C=O) groups excluding carboxylic acids is 1. The normalized spacial score (nSPS) is 16.5. The van der Waals surface area contributed by atoms with E-state index in [0.717, 1.165) is 41.3 Å². The van der Waals surface area contributed by atoms with Crippen LogP contribution in [0.3, 0.4) is 0 Å². The smallest absolute Gasteiger partial charge is 0.255 e. The van der Waals surface area contributed by atoms with Gasteiger partial charge in [-0.1, -0.05) is 51.1 Å². The Balaban J connectivity index is 1.77. The van der Waals surface area contributed by atoms with Crippen LogP contribution >= 0.6 is 0 Å². The minimum absolute atomic E-state index is 0.00991. The quantitative estimate of drug-likeness (QED) is 0.492. The van der Waals surface area contributed by atoms with Crippen molar-refractivity contribution in [3.05, 3.63) is 54.1 Å². The van der Waals surface area contributed by atoms with Crippen molar-refractivity contribution in [3.63, 3.8) is 0 Å². The van der Waals surface area contributed by atoms with Crippen LogP contribution in [0.2, 0.25) is 0 Å². The van der Waals surface area contributed by atoms with E-state index in [9.17, 15) is 13.2 Å². The summed E-state index contributed by atoms with van der Waals surface area (Å²) in [6.45, 7) is 6.42. The van der Waals surface area contributed by atoms with Crippen LogP contribution in [0.4, 0.5) is 0 Å². The topological polar surface area (TPSA) is 97.3 Å². The summed E-state index contributed by atoms with van der Waals surface area (Å²) >= 11 is 0. The highest BCUT2D eigenvalue weighted by molar-refractivity contribution is 7.89. The van der Waals surface area contributed by atoms with Gasteiger partial charge < -0.3 is 9.47 Å². The summed E-state index contributed by atoms with van der Waals surface area (Å²) in [5.41, 5.74) is 4.55. The summed E-state index contributed by atoms with van der Waals surface area (Å²) in [5, 5.41) is 4.32. The van der Waals surface area contributed by atoms with E-state index in [0.29, 0.717) is 17.4 Å². The standard InChI is InChI=1S/C27H37N3O5S/c1-27(2,3)21-11-13-22(14-12-21)28-29-26(31)19-30(18-20-9-7-6-8-10-20)36(32,33)23-15-16-24(34-4)25(17-23)35-5/h6-10,15-17,21H,11-14,18-19H2,1-5H3,(H,29,31). The number of hydrogen-bond donors (Lipinski definition) is 1. The first-order valence-electron chi connectivity index (χ1n) is 12.1. The fraction of sp³-hybridized carbons (Fsp3) is 0.481. The lowest BCUT2D eigenvalue weighted by Crippen LogP contribution is -2.39. The Morgan fingerprint density at radius 3 is 2.25 bits per heavy atom. The number of amides is 1. The van der Waals surface area contributed by atoms with Crippen LogP contribution in [-0.2, 0) is 21.4 Å². The summed E-state index contributed by atoms with van der Waals surface area (Å²) in [6.07, 6.45) is 3.73. The fourth-order valence-electron chi connectivity index (χ4n) is 4.40. The van der Waals surface area contributed by atoms with Gasteiger partial charge in [0.2, 0.25) is 10.0 Å². The zero-order valence-corrected chi connectivity index (χ0v) is 22.6. The lowest BCUT2D eigenvalue weighted by molar-refractivity contribution is -0.121. The highest BCUT2D eigenvalue weighted by Crippen LogP contribution is 2.37. The number of rotatable bonds is 9. The first-order chi connectivity index (χ1) is 17.0. The van der Waals surface area contributed by atoms with Gasteiger partial charge in [-0.05, 0) is 54.7 Å². The van der Waals surface area contributed by atoms with E-state index in [-0.39, 0.29) is 23.4 Å². The monoisotopic (exact) mass is 515 g/mol. The molecule has 0 aliphatic heterocycles. The zero-order valence-electron chi connectivity index (χ0n) is 21.8. The van der Waals surface area contributed by atoms with E-state index < -0.39 is 15.9 Å². The van der Waals surface area contributed by atoms with Gasteiger partial charge in [0.05, 0.1) is 25.7 Å². The van der Waals surface area contributed by atoms with Crippen LogP contribution in [0.25, 0.3) is 0 Å². The number of hydrazone groups is 1. The largest absolute Gasteiger partial charge is 0.493 e. The molecule has 0 saturated heterocycles. The SMILES string of the molecule is COc1ccc(S(=O)(=O)N(CC(=O)NN=C2CCC(C(C)(C)C)CC2)Cc2ccccc2)cc1OC. The molecule has 0 heterocycles. The molecule has 9 heteroatoms. The summed E-state index contributed by atoms with van der Waals surface area (Å²) in [7, 11) is -1.11. The third kappa shape index (κ3) is 7.07. The molecule has 1 aliphatic carbocycles. The molecule has 0 radical (unpaired) electrons. The van der Waals surface area contributed by atoms with Gasteiger partial charge in [0.15, 0.2) is 11.5 Å². The number of methoxy groups -OCH3 is 2. The van der Waals surface area contributed by atoms with Crippen LogP contribution in [-0.4, -0.2) is 45.1 Å². The lowest BCUT2D eigenvalue weighted by Gasteiger charge is -2.34. The van der Waals surface area contributed by atoms with E-state index >= 15 is 0 Å². The first-order valence-corrected chi connectivity index (χ1v) is 13.6. The van der Waals surface area contributed by atoms with Gasteiger partial charge in [-0.2, -0.15) is 9.41 Å². The van der Waals surface area contributed by atoms with Crippen molar-refractivity contribution in [1.29, 1.82) is 0 Å². The van der Waals surface area contributed by atoms with Gasteiger partial charge in [-0.25, -0.2) is 13.8 Å². The van der Waals surface area contributed by atoms with E-state index in [1.807, 2.05) is 30.3 Å². The second kappa shape index (κ2) is 11.9. The maximum absolute atomic E-state index is 13.6. The van der Waals surface area contributed by atoms with Crippen molar-refractivity contribution in [3.8, 4) is 11.5 Å². The second-order valence-corrected chi connectivity index (χ2v) is 12.1. The highest BCUT2D eigenvalue weighted by atomic mass is 32.2. The average molecular weight is 516 g/mol. The molecular formula is C27H37N3O5S. The molecule has 1 fully saturated rings. The van der Waals surface area contributed by atoms with Crippen molar-refractivity contribution >= 4 is 21.6 Å². The predicted molar refractivity (Wildman–Crippen MR) is 141 cm³/mol. The molecule has 2 aromatic carbocycles. The predicted octanol–water partition coefficient (Wildman–Crippen LogP) is 4.60. The van der Waals surface area contributed by atoms with Crippen molar-refractivity contribution in [2.75, 3.05) is 20.8 Å². The average Bonchev–Trinajstić information content (AvgIpc) is 2.87. The number of hydrogen-bond acceptors (Lipinski definition) is 6. The molecule has 0 bridgehead atoms. The van der Waals surface area contributed by atoms with Crippen LogP contribution in [0.5, 0.6) is 11.5 Å². The third-order valence-corrected chi connectivity index (χ3v) is 8.43. The molecule has 8 nitrogen and oxygen atoms in total. The van der Waals surface area contributed by atoms with E-state index in [4.69, 9.17) is 9.47 Å². The Bertz CT molecular complexity index is 1160. The number of carbonyl (C=O) groups is 1. The molecular weight excluding hydrogens is 478 g/mol. The summed E-state index contributed by atoms with van der Waals surface area (Å²) in [6, 6.07) is 13.5. The molecule has 2 aromatic rings. The van der Waals surface area contributed by atoms with Crippen molar-refractivity contribution in [2.45, 2.75) is 57.9 Å². The van der Waals surface area contributed by atoms with Crippen molar-refractivity contribution in [1.82, 2.24) is 9.73 Å². The van der Waals surface area contributed by atoms with Crippen LogP contribution < -0.4 is 14.9 Å². The van der Waals surface area contributed by atoms with Gasteiger partial charge in [0.25, 0.3) is 5.91 Å². The Morgan fingerprint density at radius 2 is 1.67 bits per heavy atom. The number of ether oxygens (including phenoxy) is 2. The molecule has 1 amide bonds. The van der Waals surface area contributed by atoms with Crippen LogP contribution in [0, 0.1) is 11.3 Å². The van der Waals surface area contributed by atoms with Gasteiger partial charge >= 0.3 is 0 Å². The fourth-order valence-corrected chi connectivity index (χ4v) is 5.81. The van der Waals surface area contributed by atoms with Gasteiger partial charge in [0.1, 0.15) is 0 Å². The number of nitrogens with one attached hydrogen (secondary N) is 1. The summed E-state index contributed by atoms with van der Waals surface area (Å²) < 4.78 is 38.8. The van der Waals surface area contributed by atoms with Crippen LogP contribution in [0.15, 0.2) is 58.5 Å². The highest BCUT2D eigenvalue weighted by Gasteiger charge is 2.30. The molecule has 0 unspecified atom stereocenters. The van der Waals surface area contributed by atoms with Crippen LogP contribution in [0.1, 0.15) is 52.0 Å². The number of sulfonamides is 1. The lowest BCUT2D eigenvalue weighted by atomic mass is 9.72. The maximum Gasteiger partial charge on any atom is 0.255 e. The molecule has 0 aromatic heterocycles. The van der Waals surface area contributed by atoms with Crippen molar-refractivity contribution < 1.29 is 22.7 Å². The number of benzene rings is 2. The Kier molecular flexibility index (Phi) is 9.13. The Labute approximate surface area is 214 Å². The van der Waals surface area contributed by atoms with E-state index in [2.05, 4.69) is 31.3 Å². The Hall–Kier alpha value is -2.91. The van der Waals surface area contributed by atoms with Gasteiger partial charge in [-0.3, -0.25) is 4.79 Å². The molecule has 36 heavy (non-hydrogen) atoms. The second-order valence-electron chi connectivity index (χ2n) is 10.1.